The monoisotopic (exact) mass is 462 g/mol. The van der Waals surface area contributed by atoms with Crippen molar-refractivity contribution in [3.8, 4) is 0 Å². The number of aromatic nitrogens is 3. The van der Waals surface area contributed by atoms with E-state index >= 15 is 0 Å². The molecule has 0 radical (unpaired) electrons. The molecule has 0 atom stereocenters. The summed E-state index contributed by atoms with van der Waals surface area (Å²) in [5.74, 6) is 0.737. The second kappa shape index (κ2) is 10.5. The maximum absolute atomic E-state index is 4.42. The minimum absolute atomic E-state index is 0. The number of guanidine groups is 1. The molecule has 0 aliphatic carbocycles. The Hall–Kier alpha value is -2.42. The van der Waals surface area contributed by atoms with Crippen molar-refractivity contribution in [2.24, 2.45) is 4.99 Å². The van der Waals surface area contributed by atoms with E-state index in [2.05, 4.69) is 37.8 Å². The molecule has 6 nitrogen and oxygen atoms in total. The summed E-state index contributed by atoms with van der Waals surface area (Å²) in [6.45, 7) is 2.07. The van der Waals surface area contributed by atoms with Gasteiger partial charge in [0.1, 0.15) is 0 Å². The maximum atomic E-state index is 4.42. The Labute approximate surface area is 170 Å². The summed E-state index contributed by atoms with van der Waals surface area (Å²) >= 11 is 0. The highest BCUT2D eigenvalue weighted by molar-refractivity contribution is 14.0. The lowest BCUT2D eigenvalue weighted by Gasteiger charge is -2.10. The van der Waals surface area contributed by atoms with Crippen molar-refractivity contribution in [1.29, 1.82) is 0 Å². The van der Waals surface area contributed by atoms with Crippen LogP contribution in [0.25, 0.3) is 0 Å². The highest BCUT2D eigenvalue weighted by atomic mass is 127. The maximum Gasteiger partial charge on any atom is 0.191 e. The van der Waals surface area contributed by atoms with E-state index in [1.807, 2.05) is 53.5 Å². The standard InChI is InChI=1S/C19H22N6.HI/c1-20-19(23-13-18-9-5-6-10-21-18)22-11-17-12-24-25(15-17)14-16-7-3-2-4-8-16;/h2-10,12,15H,11,13-14H2,1H3,(H2,20,22,23);1H. The Bertz CT molecular complexity index is 801. The normalized spacial score (nSPS) is 10.9. The summed E-state index contributed by atoms with van der Waals surface area (Å²) in [5, 5.41) is 11.0. The van der Waals surface area contributed by atoms with E-state index in [0.29, 0.717) is 13.1 Å². The summed E-state index contributed by atoms with van der Waals surface area (Å²) < 4.78 is 1.94. The second-order valence-electron chi connectivity index (χ2n) is 5.63. The molecule has 1 aromatic carbocycles. The third kappa shape index (κ3) is 6.14. The van der Waals surface area contributed by atoms with Gasteiger partial charge in [-0.3, -0.25) is 14.7 Å². The van der Waals surface area contributed by atoms with Crippen molar-refractivity contribution in [3.05, 3.63) is 83.9 Å². The van der Waals surface area contributed by atoms with Crippen LogP contribution in [0.5, 0.6) is 0 Å². The predicted octanol–water partition coefficient (Wildman–Crippen LogP) is 2.81. The van der Waals surface area contributed by atoms with Crippen LogP contribution < -0.4 is 10.6 Å². The van der Waals surface area contributed by atoms with E-state index in [-0.39, 0.29) is 24.0 Å². The van der Waals surface area contributed by atoms with Gasteiger partial charge in [-0.2, -0.15) is 5.10 Å². The molecule has 3 aromatic rings. The largest absolute Gasteiger partial charge is 0.352 e. The summed E-state index contributed by atoms with van der Waals surface area (Å²) in [6, 6.07) is 16.2. The molecule has 0 saturated carbocycles. The van der Waals surface area contributed by atoms with E-state index in [4.69, 9.17) is 0 Å². The van der Waals surface area contributed by atoms with Gasteiger partial charge in [0.15, 0.2) is 5.96 Å². The quantitative estimate of drug-likeness (QED) is 0.336. The molecular weight excluding hydrogens is 439 g/mol. The van der Waals surface area contributed by atoms with E-state index in [1.54, 1.807) is 13.2 Å². The number of hydrogen-bond donors (Lipinski definition) is 2. The second-order valence-corrected chi connectivity index (χ2v) is 5.63. The van der Waals surface area contributed by atoms with Crippen LogP contribution in [0.1, 0.15) is 16.8 Å². The van der Waals surface area contributed by atoms with E-state index in [9.17, 15) is 0 Å². The molecule has 2 heterocycles. The van der Waals surface area contributed by atoms with Gasteiger partial charge < -0.3 is 10.6 Å². The number of nitrogens with one attached hydrogen (secondary N) is 2. The molecule has 0 unspecified atom stereocenters. The summed E-state index contributed by atoms with van der Waals surface area (Å²) in [5.41, 5.74) is 3.32. The van der Waals surface area contributed by atoms with Crippen molar-refractivity contribution >= 4 is 29.9 Å². The Morgan fingerprint density at radius 2 is 1.77 bits per heavy atom. The lowest BCUT2D eigenvalue weighted by atomic mass is 10.2. The van der Waals surface area contributed by atoms with Gasteiger partial charge in [-0.25, -0.2) is 0 Å². The molecule has 0 spiro atoms. The molecule has 0 bridgehead atoms. The molecule has 0 saturated heterocycles. The number of benzene rings is 1. The van der Waals surface area contributed by atoms with E-state index in [1.165, 1.54) is 5.56 Å². The molecule has 2 N–H and O–H groups in total. The van der Waals surface area contributed by atoms with Gasteiger partial charge in [-0.15, -0.1) is 24.0 Å². The number of pyridine rings is 1. The first-order valence-corrected chi connectivity index (χ1v) is 8.23. The number of nitrogens with zero attached hydrogens (tertiary/aromatic N) is 4. The summed E-state index contributed by atoms with van der Waals surface area (Å²) in [4.78, 5) is 8.52. The molecule has 7 heteroatoms. The fourth-order valence-electron chi connectivity index (χ4n) is 2.44. The van der Waals surface area contributed by atoms with Crippen LogP contribution in [0.4, 0.5) is 0 Å². The average molecular weight is 462 g/mol. The lowest BCUT2D eigenvalue weighted by Crippen LogP contribution is -2.36. The van der Waals surface area contributed by atoms with Gasteiger partial charge in [0, 0.05) is 31.5 Å². The van der Waals surface area contributed by atoms with Crippen LogP contribution in [-0.4, -0.2) is 27.8 Å². The number of aliphatic imine (C=N–C) groups is 1. The van der Waals surface area contributed by atoms with Gasteiger partial charge in [0.25, 0.3) is 0 Å². The third-order valence-corrected chi connectivity index (χ3v) is 3.72. The molecule has 0 aliphatic heterocycles. The van der Waals surface area contributed by atoms with E-state index in [0.717, 1.165) is 23.8 Å². The summed E-state index contributed by atoms with van der Waals surface area (Å²) in [7, 11) is 1.76. The topological polar surface area (TPSA) is 67.1 Å². The van der Waals surface area contributed by atoms with Crippen molar-refractivity contribution in [2.75, 3.05) is 7.05 Å². The number of halogens is 1. The van der Waals surface area contributed by atoms with Crippen LogP contribution >= 0.6 is 24.0 Å². The number of hydrogen-bond acceptors (Lipinski definition) is 3. The first kappa shape index (κ1) is 19.9. The van der Waals surface area contributed by atoms with Crippen LogP contribution in [-0.2, 0) is 19.6 Å². The van der Waals surface area contributed by atoms with Gasteiger partial charge in [0.05, 0.1) is 25.0 Å². The number of rotatable bonds is 6. The Morgan fingerprint density at radius 1 is 1.00 bits per heavy atom. The van der Waals surface area contributed by atoms with Crippen molar-refractivity contribution in [3.63, 3.8) is 0 Å². The van der Waals surface area contributed by atoms with Gasteiger partial charge >= 0.3 is 0 Å². The Balaban J connectivity index is 0.00000243. The van der Waals surface area contributed by atoms with Crippen LogP contribution in [0.15, 0.2) is 72.1 Å². The van der Waals surface area contributed by atoms with Crippen molar-refractivity contribution in [1.82, 2.24) is 25.4 Å². The van der Waals surface area contributed by atoms with Crippen LogP contribution in [0.2, 0.25) is 0 Å². The average Bonchev–Trinajstić information content (AvgIpc) is 3.11. The van der Waals surface area contributed by atoms with Crippen molar-refractivity contribution < 1.29 is 0 Å². The zero-order chi connectivity index (χ0) is 17.3. The highest BCUT2D eigenvalue weighted by Gasteiger charge is 2.02. The zero-order valence-corrected chi connectivity index (χ0v) is 17.0. The van der Waals surface area contributed by atoms with Gasteiger partial charge in [-0.05, 0) is 17.7 Å². The van der Waals surface area contributed by atoms with Crippen molar-refractivity contribution in [2.45, 2.75) is 19.6 Å². The Kier molecular flexibility index (Phi) is 8.07. The van der Waals surface area contributed by atoms with Gasteiger partial charge in [0.2, 0.25) is 0 Å². The zero-order valence-electron chi connectivity index (χ0n) is 14.7. The van der Waals surface area contributed by atoms with Gasteiger partial charge in [-0.1, -0.05) is 36.4 Å². The van der Waals surface area contributed by atoms with Crippen LogP contribution in [0.3, 0.4) is 0 Å². The fourth-order valence-corrected chi connectivity index (χ4v) is 2.44. The molecular formula is C19H23IN6. The first-order valence-electron chi connectivity index (χ1n) is 8.23. The smallest absolute Gasteiger partial charge is 0.191 e. The molecule has 0 amide bonds. The lowest BCUT2D eigenvalue weighted by molar-refractivity contribution is 0.685. The molecule has 26 heavy (non-hydrogen) atoms. The SMILES string of the molecule is CN=C(NCc1cnn(Cc2ccccc2)c1)NCc1ccccn1.I. The summed E-state index contributed by atoms with van der Waals surface area (Å²) in [6.07, 6.45) is 5.71. The minimum atomic E-state index is 0. The fraction of sp³-hybridized carbons (Fsp3) is 0.211. The molecule has 0 fully saturated rings. The molecule has 0 aliphatic rings. The molecule has 3 rings (SSSR count). The predicted molar refractivity (Wildman–Crippen MR) is 114 cm³/mol. The first-order chi connectivity index (χ1) is 12.3. The molecule has 136 valence electrons. The minimum Gasteiger partial charge on any atom is -0.352 e. The highest BCUT2D eigenvalue weighted by Crippen LogP contribution is 2.04. The van der Waals surface area contributed by atoms with E-state index < -0.39 is 0 Å². The molecule has 2 aromatic heterocycles. The van der Waals surface area contributed by atoms with Crippen LogP contribution in [0, 0.1) is 0 Å². The third-order valence-electron chi connectivity index (χ3n) is 3.72. The Morgan fingerprint density at radius 3 is 2.50 bits per heavy atom.